The predicted molar refractivity (Wildman–Crippen MR) is 87.4 cm³/mol. The molecule has 1 saturated heterocycles. The second-order valence-electron chi connectivity index (χ2n) is 5.61. The number of benzene rings is 1. The van der Waals surface area contributed by atoms with E-state index in [1.165, 1.54) is 0 Å². The molecule has 0 bridgehead atoms. The highest BCUT2D eigenvalue weighted by atomic mass is 16.2. The summed E-state index contributed by atoms with van der Waals surface area (Å²) in [6.45, 7) is 5.88. The zero-order chi connectivity index (χ0) is 15.9. The van der Waals surface area contributed by atoms with Crippen LogP contribution in [0.5, 0.6) is 0 Å². The van der Waals surface area contributed by atoms with Crippen LogP contribution in [-0.2, 0) is 9.59 Å². The van der Waals surface area contributed by atoms with Gasteiger partial charge in [0, 0.05) is 18.8 Å². The molecule has 2 rings (SSSR count). The minimum absolute atomic E-state index is 0.0104. The predicted octanol–water partition coefficient (Wildman–Crippen LogP) is 1.40. The van der Waals surface area contributed by atoms with E-state index < -0.39 is 0 Å². The molecule has 0 spiro atoms. The van der Waals surface area contributed by atoms with Gasteiger partial charge >= 0.3 is 0 Å². The minimum Gasteiger partial charge on any atom is -0.369 e. The van der Waals surface area contributed by atoms with Crippen LogP contribution in [0.1, 0.15) is 12.8 Å². The molecule has 118 valence electrons. The Hall–Kier alpha value is -2.14. The molecule has 0 aromatic heterocycles. The number of hydrogen-bond donors (Lipinski definition) is 1. The molecule has 1 aliphatic heterocycles. The quantitative estimate of drug-likeness (QED) is 0.808. The lowest BCUT2D eigenvalue weighted by Gasteiger charge is -2.32. The van der Waals surface area contributed by atoms with Gasteiger partial charge < -0.3 is 10.6 Å². The number of rotatable bonds is 6. The Balaban J connectivity index is 2.02. The molecule has 5 heteroatoms. The van der Waals surface area contributed by atoms with Crippen molar-refractivity contribution < 1.29 is 9.59 Å². The van der Waals surface area contributed by atoms with Crippen molar-refractivity contribution in [1.82, 2.24) is 4.90 Å². The van der Waals surface area contributed by atoms with Crippen LogP contribution in [0.3, 0.4) is 0 Å². The molecule has 22 heavy (non-hydrogen) atoms. The number of hydrogen-bond acceptors (Lipinski definition) is 3. The van der Waals surface area contributed by atoms with Crippen LogP contribution < -0.4 is 10.6 Å². The van der Waals surface area contributed by atoms with Crippen LogP contribution in [0.15, 0.2) is 43.0 Å². The van der Waals surface area contributed by atoms with Crippen LogP contribution in [-0.4, -0.2) is 42.9 Å². The van der Waals surface area contributed by atoms with Crippen molar-refractivity contribution >= 4 is 17.5 Å². The summed E-state index contributed by atoms with van der Waals surface area (Å²) in [7, 11) is 0. The molecule has 0 unspecified atom stereocenters. The maximum Gasteiger partial charge on any atom is 0.241 e. The van der Waals surface area contributed by atoms with Crippen LogP contribution >= 0.6 is 0 Å². The molecule has 1 aromatic carbocycles. The summed E-state index contributed by atoms with van der Waals surface area (Å²) in [4.78, 5) is 27.7. The van der Waals surface area contributed by atoms with E-state index in [4.69, 9.17) is 5.73 Å². The van der Waals surface area contributed by atoms with Gasteiger partial charge in [0.25, 0.3) is 0 Å². The van der Waals surface area contributed by atoms with Crippen molar-refractivity contribution in [1.29, 1.82) is 0 Å². The molecular weight excluding hydrogens is 278 g/mol. The number of carbonyl (C=O) groups is 2. The zero-order valence-corrected chi connectivity index (χ0v) is 12.8. The van der Waals surface area contributed by atoms with Crippen molar-refractivity contribution in [2.75, 3.05) is 31.1 Å². The fraction of sp³-hybridized carbons (Fsp3) is 0.412. The van der Waals surface area contributed by atoms with Gasteiger partial charge in [0.1, 0.15) is 0 Å². The van der Waals surface area contributed by atoms with Crippen LogP contribution in [0.25, 0.3) is 0 Å². The van der Waals surface area contributed by atoms with Crippen molar-refractivity contribution in [2.45, 2.75) is 12.8 Å². The molecule has 0 saturated carbocycles. The molecule has 1 aliphatic rings. The molecule has 1 aromatic rings. The Morgan fingerprint density at radius 3 is 2.73 bits per heavy atom. The van der Waals surface area contributed by atoms with Gasteiger partial charge in [0.2, 0.25) is 11.8 Å². The van der Waals surface area contributed by atoms with Gasteiger partial charge in [-0.2, -0.15) is 0 Å². The molecule has 0 aliphatic carbocycles. The van der Waals surface area contributed by atoms with E-state index in [-0.39, 0.29) is 17.7 Å². The molecule has 2 N–H and O–H groups in total. The highest BCUT2D eigenvalue weighted by Crippen LogP contribution is 2.18. The monoisotopic (exact) mass is 301 g/mol. The Bertz CT molecular complexity index is 530. The first-order valence-corrected chi connectivity index (χ1v) is 7.59. The largest absolute Gasteiger partial charge is 0.369 e. The first-order chi connectivity index (χ1) is 10.6. The summed E-state index contributed by atoms with van der Waals surface area (Å²) in [5, 5.41) is 0. The van der Waals surface area contributed by atoms with Gasteiger partial charge in [-0.15, -0.1) is 6.58 Å². The maximum atomic E-state index is 12.6. The third-order valence-corrected chi connectivity index (χ3v) is 3.95. The molecule has 2 amide bonds. The molecule has 1 fully saturated rings. The molecule has 0 radical (unpaired) electrons. The van der Waals surface area contributed by atoms with Gasteiger partial charge in [-0.25, -0.2) is 0 Å². The fourth-order valence-corrected chi connectivity index (χ4v) is 2.80. The standard InChI is InChI=1S/C17H23N3O2/c1-2-10-20(15-8-4-3-5-9-15)16(21)13-19-11-6-7-14(12-19)17(18)22/h2-5,8-9,14H,1,6-7,10-13H2,(H2,18,22)/t14-/m0/s1. The van der Waals surface area contributed by atoms with E-state index in [0.717, 1.165) is 25.1 Å². The third kappa shape index (κ3) is 4.18. The Labute approximate surface area is 131 Å². The van der Waals surface area contributed by atoms with Crippen molar-refractivity contribution in [3.05, 3.63) is 43.0 Å². The molecule has 1 atom stereocenters. The number of nitrogens with zero attached hydrogens (tertiary/aromatic N) is 2. The van der Waals surface area contributed by atoms with Gasteiger partial charge in [-0.05, 0) is 31.5 Å². The normalized spacial score (nSPS) is 18.6. The summed E-state index contributed by atoms with van der Waals surface area (Å²) in [5.74, 6) is -0.412. The smallest absolute Gasteiger partial charge is 0.241 e. The maximum absolute atomic E-state index is 12.6. The van der Waals surface area contributed by atoms with Gasteiger partial charge in [-0.1, -0.05) is 24.3 Å². The average Bonchev–Trinajstić information content (AvgIpc) is 2.53. The molecule has 5 nitrogen and oxygen atoms in total. The average molecular weight is 301 g/mol. The first-order valence-electron chi connectivity index (χ1n) is 7.59. The van der Waals surface area contributed by atoms with E-state index >= 15 is 0 Å². The van der Waals surface area contributed by atoms with Gasteiger partial charge in [0.15, 0.2) is 0 Å². The number of anilines is 1. The second-order valence-corrected chi connectivity index (χ2v) is 5.61. The SMILES string of the molecule is C=CCN(C(=O)CN1CCC[C@H](C(N)=O)C1)c1ccccc1. The van der Waals surface area contributed by atoms with E-state index in [1.54, 1.807) is 11.0 Å². The number of para-hydroxylation sites is 1. The fourth-order valence-electron chi connectivity index (χ4n) is 2.80. The number of likely N-dealkylation sites (tertiary alicyclic amines) is 1. The number of nitrogens with two attached hydrogens (primary N) is 1. The minimum atomic E-state index is -0.275. The zero-order valence-electron chi connectivity index (χ0n) is 12.8. The van der Waals surface area contributed by atoms with E-state index in [0.29, 0.717) is 19.6 Å². The lowest BCUT2D eigenvalue weighted by Crippen LogP contribution is -2.46. The Morgan fingerprint density at radius 1 is 1.36 bits per heavy atom. The lowest BCUT2D eigenvalue weighted by atomic mass is 9.97. The Kier molecular flexibility index (Phi) is 5.72. The summed E-state index contributed by atoms with van der Waals surface area (Å²) in [5.41, 5.74) is 6.24. The summed E-state index contributed by atoms with van der Waals surface area (Å²) in [6, 6.07) is 9.54. The number of piperidine rings is 1. The van der Waals surface area contributed by atoms with Crippen LogP contribution in [0.4, 0.5) is 5.69 Å². The van der Waals surface area contributed by atoms with Crippen molar-refractivity contribution in [3.8, 4) is 0 Å². The summed E-state index contributed by atoms with van der Waals surface area (Å²) < 4.78 is 0. The highest BCUT2D eigenvalue weighted by molar-refractivity contribution is 5.95. The third-order valence-electron chi connectivity index (χ3n) is 3.95. The summed E-state index contributed by atoms with van der Waals surface area (Å²) in [6.07, 6.45) is 3.43. The first kappa shape index (κ1) is 16.2. The van der Waals surface area contributed by atoms with Gasteiger partial charge in [0.05, 0.1) is 12.5 Å². The van der Waals surface area contributed by atoms with Crippen LogP contribution in [0.2, 0.25) is 0 Å². The lowest BCUT2D eigenvalue weighted by molar-refractivity contribution is -0.125. The van der Waals surface area contributed by atoms with E-state index in [1.807, 2.05) is 35.2 Å². The number of carbonyl (C=O) groups excluding carboxylic acids is 2. The molecule has 1 heterocycles. The van der Waals surface area contributed by atoms with Crippen molar-refractivity contribution in [2.24, 2.45) is 11.7 Å². The van der Waals surface area contributed by atoms with Crippen molar-refractivity contribution in [3.63, 3.8) is 0 Å². The number of amides is 2. The summed E-state index contributed by atoms with van der Waals surface area (Å²) >= 11 is 0. The van der Waals surface area contributed by atoms with Crippen LogP contribution in [0, 0.1) is 5.92 Å². The topological polar surface area (TPSA) is 66.6 Å². The highest BCUT2D eigenvalue weighted by Gasteiger charge is 2.26. The van der Waals surface area contributed by atoms with E-state index in [2.05, 4.69) is 6.58 Å². The van der Waals surface area contributed by atoms with Gasteiger partial charge in [-0.3, -0.25) is 14.5 Å². The molecular formula is C17H23N3O2. The number of primary amides is 1. The second kappa shape index (κ2) is 7.75. The Morgan fingerprint density at radius 2 is 2.09 bits per heavy atom. The van der Waals surface area contributed by atoms with E-state index in [9.17, 15) is 9.59 Å².